The number of hydrogen-bond donors (Lipinski definition) is 1. The number of sulfonamides is 1. The lowest BCUT2D eigenvalue weighted by molar-refractivity contribution is -0.114. The van der Waals surface area contributed by atoms with Crippen molar-refractivity contribution in [3.63, 3.8) is 0 Å². The molecule has 0 saturated carbocycles. The predicted molar refractivity (Wildman–Crippen MR) is 98.3 cm³/mol. The van der Waals surface area contributed by atoms with Crippen LogP contribution in [0.25, 0.3) is 10.8 Å². The van der Waals surface area contributed by atoms with Gasteiger partial charge in [0.25, 0.3) is 10.0 Å². The zero-order valence-corrected chi connectivity index (χ0v) is 14.3. The fourth-order valence-corrected chi connectivity index (χ4v) is 4.80. The molecule has 1 amide bonds. The van der Waals surface area contributed by atoms with Crippen LogP contribution in [-0.4, -0.2) is 20.9 Å². The number of carbonyl (C=O) groups excluding carboxylic acids is 1. The Labute approximate surface area is 150 Å². The molecule has 7 heteroatoms. The van der Waals surface area contributed by atoms with Crippen molar-refractivity contribution in [3.05, 3.63) is 66.2 Å². The second-order valence-electron chi connectivity index (χ2n) is 5.85. The van der Waals surface area contributed by atoms with Crippen LogP contribution >= 0.6 is 0 Å². The molecule has 1 aliphatic heterocycles. The third-order valence-electron chi connectivity index (χ3n) is 4.29. The van der Waals surface area contributed by atoms with Crippen molar-refractivity contribution in [2.24, 2.45) is 0 Å². The summed E-state index contributed by atoms with van der Waals surface area (Å²) in [4.78, 5) is 12.7. The lowest BCUT2D eigenvalue weighted by Gasteiger charge is -2.18. The minimum Gasteiger partial charge on any atom is -0.323 e. The summed E-state index contributed by atoms with van der Waals surface area (Å²) in [6, 6.07) is 18.9. The molecule has 1 heterocycles. The molecule has 3 aromatic carbocycles. The van der Waals surface area contributed by atoms with E-state index in [4.69, 9.17) is 5.26 Å². The molecule has 0 spiro atoms. The van der Waals surface area contributed by atoms with E-state index < -0.39 is 15.9 Å². The number of para-hydroxylation sites is 1. The number of nitrogens with zero attached hydrogens (tertiary/aromatic N) is 2. The summed E-state index contributed by atoms with van der Waals surface area (Å²) in [5, 5.41) is 13.2. The molecule has 3 aromatic rings. The van der Waals surface area contributed by atoms with Gasteiger partial charge in [-0.1, -0.05) is 36.4 Å². The second kappa shape index (κ2) is 5.86. The van der Waals surface area contributed by atoms with E-state index in [0.29, 0.717) is 22.3 Å². The fraction of sp³-hybridized carbons (Fsp3) is 0.0526. The summed E-state index contributed by atoms with van der Waals surface area (Å²) in [5.41, 5.74) is 1.16. The minimum absolute atomic E-state index is 0.204. The maximum atomic E-state index is 12.9. The van der Waals surface area contributed by atoms with Crippen molar-refractivity contribution in [1.29, 1.82) is 5.26 Å². The second-order valence-corrected chi connectivity index (χ2v) is 7.68. The van der Waals surface area contributed by atoms with Crippen LogP contribution in [0.2, 0.25) is 0 Å². The van der Waals surface area contributed by atoms with E-state index in [-0.39, 0.29) is 11.4 Å². The Kier molecular flexibility index (Phi) is 3.63. The Bertz CT molecular complexity index is 1190. The Morgan fingerprint density at radius 1 is 1.04 bits per heavy atom. The van der Waals surface area contributed by atoms with E-state index >= 15 is 0 Å². The highest BCUT2D eigenvalue weighted by Crippen LogP contribution is 2.41. The van der Waals surface area contributed by atoms with E-state index in [0.717, 1.165) is 9.69 Å². The maximum absolute atomic E-state index is 12.9. The molecule has 1 aliphatic rings. The van der Waals surface area contributed by atoms with Crippen molar-refractivity contribution >= 4 is 38.1 Å². The summed E-state index contributed by atoms with van der Waals surface area (Å²) in [7, 11) is -3.79. The van der Waals surface area contributed by atoms with Gasteiger partial charge >= 0.3 is 0 Å². The van der Waals surface area contributed by atoms with Crippen LogP contribution in [0.15, 0.2) is 65.6 Å². The quantitative estimate of drug-likeness (QED) is 0.775. The Hall–Kier alpha value is -3.37. The molecular weight excluding hydrogens is 350 g/mol. The summed E-state index contributed by atoms with van der Waals surface area (Å²) >= 11 is 0. The fourth-order valence-electron chi connectivity index (χ4n) is 3.14. The van der Waals surface area contributed by atoms with Crippen LogP contribution in [0.3, 0.4) is 0 Å². The molecule has 0 unspecified atom stereocenters. The molecule has 0 bridgehead atoms. The van der Waals surface area contributed by atoms with E-state index in [1.807, 2.05) is 18.2 Å². The first kappa shape index (κ1) is 16.1. The minimum atomic E-state index is -3.79. The van der Waals surface area contributed by atoms with E-state index in [9.17, 15) is 13.2 Å². The number of anilines is 2. The zero-order chi connectivity index (χ0) is 18.3. The molecule has 6 nitrogen and oxygen atoms in total. The van der Waals surface area contributed by atoms with Gasteiger partial charge in [-0.2, -0.15) is 5.26 Å². The molecule has 0 saturated heterocycles. The largest absolute Gasteiger partial charge is 0.323 e. The maximum Gasteiger partial charge on any atom is 0.265 e. The van der Waals surface area contributed by atoms with Gasteiger partial charge in [0, 0.05) is 5.39 Å². The summed E-state index contributed by atoms with van der Waals surface area (Å²) in [5.74, 6) is -0.513. The number of amides is 1. The molecule has 26 heavy (non-hydrogen) atoms. The highest BCUT2D eigenvalue weighted by molar-refractivity contribution is 7.93. The first-order valence-electron chi connectivity index (χ1n) is 7.86. The highest BCUT2D eigenvalue weighted by Gasteiger charge is 2.36. The van der Waals surface area contributed by atoms with E-state index in [1.54, 1.807) is 48.5 Å². The van der Waals surface area contributed by atoms with Gasteiger partial charge in [-0.05, 0) is 29.7 Å². The normalized spacial score (nSPS) is 14.2. The lowest BCUT2D eigenvalue weighted by Crippen LogP contribution is -2.35. The molecule has 0 radical (unpaired) electrons. The lowest BCUT2D eigenvalue weighted by atomic mass is 10.1. The Morgan fingerprint density at radius 3 is 2.54 bits per heavy atom. The van der Waals surface area contributed by atoms with Crippen LogP contribution in [0, 0.1) is 11.3 Å². The topological polar surface area (TPSA) is 90.3 Å². The average molecular weight is 363 g/mol. The average Bonchev–Trinajstić information content (AvgIpc) is 2.86. The number of nitriles is 1. The van der Waals surface area contributed by atoms with Crippen LogP contribution in [0.1, 0.15) is 5.56 Å². The number of rotatable bonds is 3. The van der Waals surface area contributed by atoms with Gasteiger partial charge in [0.2, 0.25) is 5.91 Å². The van der Waals surface area contributed by atoms with Crippen LogP contribution < -0.4 is 9.62 Å². The van der Waals surface area contributed by atoms with Gasteiger partial charge in [0.1, 0.15) is 12.6 Å². The summed E-state index contributed by atoms with van der Waals surface area (Å²) in [6.07, 6.45) is 0. The molecule has 4 rings (SSSR count). The summed E-state index contributed by atoms with van der Waals surface area (Å²) < 4.78 is 26.8. The Balaban J connectivity index is 1.68. The van der Waals surface area contributed by atoms with Crippen molar-refractivity contribution in [1.82, 2.24) is 0 Å². The van der Waals surface area contributed by atoms with Crippen molar-refractivity contribution in [2.45, 2.75) is 4.90 Å². The van der Waals surface area contributed by atoms with Crippen molar-refractivity contribution in [3.8, 4) is 6.07 Å². The first-order chi connectivity index (χ1) is 12.5. The molecule has 0 aromatic heterocycles. The molecule has 0 atom stereocenters. The van der Waals surface area contributed by atoms with Crippen molar-refractivity contribution < 1.29 is 13.2 Å². The third kappa shape index (κ3) is 2.39. The van der Waals surface area contributed by atoms with Crippen LogP contribution in [-0.2, 0) is 14.8 Å². The number of benzene rings is 3. The van der Waals surface area contributed by atoms with Gasteiger partial charge < -0.3 is 5.32 Å². The molecule has 1 N–H and O–H groups in total. The third-order valence-corrected chi connectivity index (χ3v) is 6.09. The number of hydrogen-bond acceptors (Lipinski definition) is 4. The number of nitrogens with one attached hydrogen (secondary N) is 1. The van der Waals surface area contributed by atoms with Gasteiger partial charge in [0.05, 0.1) is 21.8 Å². The standard InChI is InChI=1S/C19H13N3O3S/c20-11-14-5-1-2-8-15(14)21-18(23)12-22-16-9-3-6-13-7-4-10-17(19(13)16)26(22,24)25/h1-10H,12H2,(H,21,23). The SMILES string of the molecule is N#Cc1ccccc1NC(=O)CN1c2cccc3cccc(c23)S1(=O)=O. The highest BCUT2D eigenvalue weighted by atomic mass is 32.2. The summed E-state index contributed by atoms with van der Waals surface area (Å²) in [6.45, 7) is -0.365. The molecule has 0 aliphatic carbocycles. The first-order valence-corrected chi connectivity index (χ1v) is 9.30. The van der Waals surface area contributed by atoms with Crippen molar-refractivity contribution in [2.75, 3.05) is 16.2 Å². The van der Waals surface area contributed by atoms with Gasteiger partial charge in [-0.15, -0.1) is 0 Å². The van der Waals surface area contributed by atoms with Gasteiger partial charge in [-0.25, -0.2) is 8.42 Å². The van der Waals surface area contributed by atoms with E-state index in [2.05, 4.69) is 5.32 Å². The van der Waals surface area contributed by atoms with Crippen LogP contribution in [0.4, 0.5) is 11.4 Å². The monoisotopic (exact) mass is 363 g/mol. The smallest absolute Gasteiger partial charge is 0.265 e. The number of carbonyl (C=O) groups is 1. The Morgan fingerprint density at radius 2 is 1.77 bits per heavy atom. The molecular formula is C19H13N3O3S. The van der Waals surface area contributed by atoms with Gasteiger partial charge in [-0.3, -0.25) is 9.10 Å². The molecule has 0 fully saturated rings. The zero-order valence-electron chi connectivity index (χ0n) is 13.5. The van der Waals surface area contributed by atoms with Crippen LogP contribution in [0.5, 0.6) is 0 Å². The molecule has 128 valence electrons. The van der Waals surface area contributed by atoms with E-state index in [1.165, 1.54) is 0 Å². The predicted octanol–water partition coefficient (Wildman–Crippen LogP) is 2.86. The van der Waals surface area contributed by atoms with Gasteiger partial charge in [0.15, 0.2) is 0 Å².